The van der Waals surface area contributed by atoms with E-state index in [9.17, 15) is 18.0 Å². The highest BCUT2D eigenvalue weighted by atomic mass is 32.2. The number of thioether (sulfide) groups is 1. The monoisotopic (exact) mass is 369 g/mol. The molecule has 1 amide bonds. The van der Waals surface area contributed by atoms with Crippen molar-refractivity contribution in [1.29, 1.82) is 0 Å². The number of nitrogens with one attached hydrogen (secondary N) is 1. The first-order valence-corrected chi connectivity index (χ1v) is 8.49. The molecule has 0 unspecified atom stereocenters. The van der Waals surface area contributed by atoms with Crippen LogP contribution in [0.2, 0.25) is 0 Å². The Morgan fingerprint density at radius 3 is 2.44 bits per heavy atom. The Balaban J connectivity index is 2.03. The van der Waals surface area contributed by atoms with E-state index < -0.39 is 11.6 Å². The largest absolute Gasteiger partial charge is 0.326 e. The topological polar surface area (TPSA) is 54.9 Å². The normalized spacial score (nSPS) is 11.0. The second-order valence-electron chi connectivity index (χ2n) is 5.54. The van der Waals surface area contributed by atoms with Crippen molar-refractivity contribution in [2.24, 2.45) is 0 Å². The maximum absolute atomic E-state index is 13.3. The van der Waals surface area contributed by atoms with Gasteiger partial charge in [-0.15, -0.1) is 0 Å². The smallest absolute Gasteiger partial charge is 0.291 e. The standard InChI is InChI=1S/C17H18F3N3OS/c1-9-4-5-12(18)8-14(9)23-15(24)7-6-13-10(2)21-17(22-11(13)3)25-16(19)20/h4-5,8,16H,6-7H2,1-3H3,(H,23,24). The molecule has 134 valence electrons. The van der Waals surface area contributed by atoms with Crippen molar-refractivity contribution in [3.05, 3.63) is 46.5 Å². The lowest BCUT2D eigenvalue weighted by atomic mass is 10.1. The van der Waals surface area contributed by atoms with Crippen LogP contribution in [-0.2, 0) is 11.2 Å². The van der Waals surface area contributed by atoms with E-state index in [2.05, 4.69) is 15.3 Å². The number of nitrogens with zero attached hydrogens (tertiary/aromatic N) is 2. The summed E-state index contributed by atoms with van der Waals surface area (Å²) in [5, 5.41) is 2.70. The van der Waals surface area contributed by atoms with Crippen molar-refractivity contribution in [2.45, 2.75) is 44.5 Å². The molecule has 0 atom stereocenters. The zero-order valence-electron chi connectivity index (χ0n) is 14.1. The first-order chi connectivity index (χ1) is 11.8. The van der Waals surface area contributed by atoms with Gasteiger partial charge in [0.2, 0.25) is 5.91 Å². The zero-order chi connectivity index (χ0) is 18.6. The molecular weight excluding hydrogens is 351 g/mol. The molecule has 0 bridgehead atoms. The molecule has 1 aromatic carbocycles. The van der Waals surface area contributed by atoms with Crippen LogP contribution in [0.1, 0.15) is 28.9 Å². The second kappa shape index (κ2) is 8.33. The molecule has 0 aliphatic carbocycles. The lowest BCUT2D eigenvalue weighted by Crippen LogP contribution is -2.14. The average molecular weight is 369 g/mol. The molecule has 0 fully saturated rings. The predicted octanol–water partition coefficient (Wildman–Crippen LogP) is 4.43. The number of carbonyl (C=O) groups is 1. The predicted molar refractivity (Wildman–Crippen MR) is 91.5 cm³/mol. The van der Waals surface area contributed by atoms with E-state index in [4.69, 9.17) is 0 Å². The van der Waals surface area contributed by atoms with Gasteiger partial charge in [0.25, 0.3) is 5.76 Å². The molecular formula is C17H18F3N3OS. The Bertz CT molecular complexity index is 761. The molecule has 1 aromatic heterocycles. The number of carbonyl (C=O) groups excluding carboxylic acids is 1. The molecule has 2 aromatic rings. The maximum atomic E-state index is 13.3. The van der Waals surface area contributed by atoms with Crippen molar-refractivity contribution >= 4 is 23.4 Å². The highest BCUT2D eigenvalue weighted by Gasteiger charge is 2.14. The number of anilines is 1. The van der Waals surface area contributed by atoms with Gasteiger partial charge in [0, 0.05) is 23.5 Å². The van der Waals surface area contributed by atoms with Crippen LogP contribution >= 0.6 is 11.8 Å². The lowest BCUT2D eigenvalue weighted by molar-refractivity contribution is -0.116. The average Bonchev–Trinajstić information content (AvgIpc) is 2.49. The van der Waals surface area contributed by atoms with E-state index in [1.165, 1.54) is 12.1 Å². The Labute approximate surface area is 148 Å². The molecule has 0 spiro atoms. The Morgan fingerprint density at radius 1 is 1.20 bits per heavy atom. The highest BCUT2D eigenvalue weighted by molar-refractivity contribution is 7.99. The quantitative estimate of drug-likeness (QED) is 0.605. The number of aromatic nitrogens is 2. The lowest BCUT2D eigenvalue weighted by Gasteiger charge is -2.11. The van der Waals surface area contributed by atoms with Gasteiger partial charge in [-0.2, -0.15) is 8.78 Å². The molecule has 1 heterocycles. The van der Waals surface area contributed by atoms with Gasteiger partial charge in [-0.3, -0.25) is 4.79 Å². The molecule has 2 rings (SSSR count). The minimum atomic E-state index is -2.58. The summed E-state index contributed by atoms with van der Waals surface area (Å²) in [6.07, 6.45) is 0.528. The Hall–Kier alpha value is -2.09. The molecule has 25 heavy (non-hydrogen) atoms. The van der Waals surface area contributed by atoms with Crippen molar-refractivity contribution in [1.82, 2.24) is 9.97 Å². The van der Waals surface area contributed by atoms with E-state index in [0.29, 0.717) is 35.3 Å². The Morgan fingerprint density at radius 2 is 1.84 bits per heavy atom. The minimum Gasteiger partial charge on any atom is -0.326 e. The molecule has 0 aliphatic rings. The second-order valence-corrected chi connectivity index (χ2v) is 6.50. The summed E-state index contributed by atoms with van der Waals surface area (Å²) in [5.74, 6) is -3.27. The van der Waals surface area contributed by atoms with E-state index in [-0.39, 0.29) is 17.5 Å². The highest BCUT2D eigenvalue weighted by Crippen LogP contribution is 2.24. The maximum Gasteiger partial charge on any atom is 0.291 e. The summed E-state index contributed by atoms with van der Waals surface area (Å²) in [4.78, 5) is 20.2. The van der Waals surface area contributed by atoms with Gasteiger partial charge in [0.1, 0.15) is 5.82 Å². The first-order valence-electron chi connectivity index (χ1n) is 7.61. The number of hydrogen-bond donors (Lipinski definition) is 1. The fourth-order valence-corrected chi connectivity index (χ4v) is 2.92. The van der Waals surface area contributed by atoms with Gasteiger partial charge in [0.05, 0.1) is 0 Å². The van der Waals surface area contributed by atoms with E-state index >= 15 is 0 Å². The van der Waals surface area contributed by atoms with Crippen LogP contribution in [0.5, 0.6) is 0 Å². The van der Waals surface area contributed by atoms with Crippen LogP contribution in [0.3, 0.4) is 0 Å². The molecule has 0 radical (unpaired) electrons. The third kappa shape index (κ3) is 5.45. The van der Waals surface area contributed by atoms with Gasteiger partial charge in [-0.25, -0.2) is 14.4 Å². The van der Waals surface area contributed by atoms with Crippen LogP contribution in [0.4, 0.5) is 18.9 Å². The van der Waals surface area contributed by atoms with Gasteiger partial charge in [-0.05, 0) is 62.2 Å². The van der Waals surface area contributed by atoms with Crippen LogP contribution < -0.4 is 5.32 Å². The number of hydrogen-bond acceptors (Lipinski definition) is 4. The number of halogens is 3. The molecule has 8 heteroatoms. The van der Waals surface area contributed by atoms with Crippen molar-refractivity contribution < 1.29 is 18.0 Å². The van der Waals surface area contributed by atoms with Gasteiger partial charge in [0.15, 0.2) is 5.16 Å². The summed E-state index contributed by atoms with van der Waals surface area (Å²) in [5.41, 5.74) is 3.10. The van der Waals surface area contributed by atoms with Crippen molar-refractivity contribution in [3.63, 3.8) is 0 Å². The van der Waals surface area contributed by atoms with Crippen LogP contribution in [-0.4, -0.2) is 21.6 Å². The first kappa shape index (κ1) is 19.2. The van der Waals surface area contributed by atoms with Gasteiger partial charge >= 0.3 is 0 Å². The zero-order valence-corrected chi connectivity index (χ0v) is 14.9. The van der Waals surface area contributed by atoms with Crippen LogP contribution in [0, 0.1) is 26.6 Å². The molecule has 4 nitrogen and oxygen atoms in total. The number of amides is 1. The van der Waals surface area contributed by atoms with Crippen molar-refractivity contribution in [3.8, 4) is 0 Å². The summed E-state index contributed by atoms with van der Waals surface area (Å²) < 4.78 is 38.1. The van der Waals surface area contributed by atoms with Crippen LogP contribution in [0.25, 0.3) is 0 Å². The summed E-state index contributed by atoms with van der Waals surface area (Å²) in [6.45, 7) is 5.18. The molecule has 0 saturated heterocycles. The van der Waals surface area contributed by atoms with E-state index in [0.717, 1.165) is 11.1 Å². The fraction of sp³-hybridized carbons (Fsp3) is 0.353. The van der Waals surface area contributed by atoms with Crippen LogP contribution in [0.15, 0.2) is 23.4 Å². The minimum absolute atomic E-state index is 0.0218. The SMILES string of the molecule is Cc1ccc(F)cc1NC(=O)CCc1c(C)nc(SC(F)F)nc1C. The van der Waals surface area contributed by atoms with Gasteiger partial charge in [-0.1, -0.05) is 6.07 Å². The third-order valence-corrected chi connectivity index (χ3v) is 4.24. The summed E-state index contributed by atoms with van der Waals surface area (Å²) in [7, 11) is 0. The molecule has 0 saturated carbocycles. The Kier molecular flexibility index (Phi) is 6.41. The van der Waals surface area contributed by atoms with E-state index in [1.54, 1.807) is 26.8 Å². The summed E-state index contributed by atoms with van der Waals surface area (Å²) in [6, 6.07) is 4.18. The number of benzene rings is 1. The number of alkyl halides is 2. The van der Waals surface area contributed by atoms with Crippen molar-refractivity contribution in [2.75, 3.05) is 5.32 Å². The summed E-state index contributed by atoms with van der Waals surface area (Å²) >= 11 is 0.294. The third-order valence-electron chi connectivity index (χ3n) is 3.67. The van der Waals surface area contributed by atoms with E-state index in [1.807, 2.05) is 0 Å². The fourth-order valence-electron chi connectivity index (χ4n) is 2.38. The molecule has 1 N–H and O–H groups in total. The van der Waals surface area contributed by atoms with Gasteiger partial charge < -0.3 is 5.32 Å². The number of rotatable bonds is 6. The molecule has 0 aliphatic heterocycles. The number of aryl methyl sites for hydroxylation is 3.